The molecule has 0 aliphatic carbocycles. The van der Waals surface area contributed by atoms with Crippen LogP contribution in [0.3, 0.4) is 0 Å². The molecule has 0 saturated carbocycles. The van der Waals surface area contributed by atoms with Crippen LogP contribution in [-0.2, 0) is 0 Å². The van der Waals surface area contributed by atoms with Gasteiger partial charge in [-0.3, -0.25) is 0 Å². The molecule has 0 bridgehead atoms. The van der Waals surface area contributed by atoms with E-state index in [9.17, 15) is 0 Å². The van der Waals surface area contributed by atoms with Gasteiger partial charge in [0, 0.05) is 9.80 Å². The summed E-state index contributed by atoms with van der Waals surface area (Å²) in [5.74, 6) is 0. The molecule has 11 heavy (non-hydrogen) atoms. The van der Waals surface area contributed by atoms with Crippen LogP contribution in [0, 0.1) is 0 Å². The van der Waals surface area contributed by atoms with Crippen LogP contribution in [0.4, 0.5) is 0 Å². The molecular formula is C8H12Br2O. The maximum Gasteiger partial charge on any atom is 0.0175 e. The molecule has 0 fully saturated rings. The summed E-state index contributed by atoms with van der Waals surface area (Å²) < 4.78 is 1.13. The van der Waals surface area contributed by atoms with E-state index in [2.05, 4.69) is 31.9 Å². The fourth-order valence-corrected chi connectivity index (χ4v) is 0.720. The highest BCUT2D eigenvalue weighted by atomic mass is 79.9. The zero-order chi connectivity index (χ0) is 7.82. The van der Waals surface area contributed by atoms with E-state index in [4.69, 9.17) is 0 Å². The van der Waals surface area contributed by atoms with E-state index in [-0.39, 0.29) is 5.48 Å². The Hall–Kier alpha value is 0.140. The molecule has 0 atom stereocenters. The molecule has 1 nitrogen and oxygen atoms in total. The normalized spacial score (nSPS) is 7.18. The van der Waals surface area contributed by atoms with Crippen molar-refractivity contribution >= 4 is 31.9 Å². The summed E-state index contributed by atoms with van der Waals surface area (Å²) in [5, 5.41) is 1.06. The third-order valence-electron chi connectivity index (χ3n) is 0.733. The minimum atomic E-state index is 0. The van der Waals surface area contributed by atoms with Crippen molar-refractivity contribution in [3.8, 4) is 0 Å². The Balaban J connectivity index is 0. The van der Waals surface area contributed by atoms with Crippen LogP contribution < -0.4 is 0 Å². The molecule has 1 aromatic carbocycles. The number of rotatable bonds is 0. The third kappa shape index (κ3) is 10.1. The molecule has 64 valence electrons. The fourth-order valence-electron chi connectivity index (χ4n) is 0.415. The largest absolute Gasteiger partial charge is 0.412 e. The van der Waals surface area contributed by atoms with Gasteiger partial charge in [-0.25, -0.2) is 0 Å². The molecule has 0 aromatic heterocycles. The van der Waals surface area contributed by atoms with Crippen molar-refractivity contribution in [1.82, 2.24) is 0 Å². The van der Waals surface area contributed by atoms with Crippen LogP contribution in [-0.4, -0.2) is 10.8 Å². The average Bonchev–Trinajstić information content (AvgIpc) is 1.91. The molecule has 0 aliphatic rings. The van der Waals surface area contributed by atoms with E-state index in [1.807, 2.05) is 37.3 Å². The second-order valence-electron chi connectivity index (χ2n) is 1.56. The van der Waals surface area contributed by atoms with Crippen molar-refractivity contribution in [1.29, 1.82) is 0 Å². The zero-order valence-corrected chi connectivity index (χ0v) is 9.52. The van der Waals surface area contributed by atoms with E-state index in [1.165, 1.54) is 0 Å². The molecule has 0 radical (unpaired) electrons. The summed E-state index contributed by atoms with van der Waals surface area (Å²) in [5.41, 5.74) is 0. The minimum Gasteiger partial charge on any atom is -0.412 e. The second-order valence-corrected chi connectivity index (χ2v) is 3.60. The summed E-state index contributed by atoms with van der Waals surface area (Å²) >= 11 is 6.46. The summed E-state index contributed by atoms with van der Waals surface area (Å²) in [6.45, 7) is 2.04. The van der Waals surface area contributed by atoms with Crippen LogP contribution in [0.1, 0.15) is 6.92 Å². The topological polar surface area (TPSA) is 31.5 Å². The molecule has 0 amide bonds. The molecule has 0 aliphatic heterocycles. The van der Waals surface area contributed by atoms with Gasteiger partial charge in [-0.2, -0.15) is 0 Å². The molecule has 0 saturated heterocycles. The zero-order valence-electron chi connectivity index (χ0n) is 6.35. The van der Waals surface area contributed by atoms with Gasteiger partial charge in [-0.1, -0.05) is 57.0 Å². The minimum absolute atomic E-state index is 0. The molecule has 1 aromatic rings. The van der Waals surface area contributed by atoms with Gasteiger partial charge in [0.25, 0.3) is 0 Å². The summed E-state index contributed by atoms with van der Waals surface area (Å²) in [6.07, 6.45) is 0. The highest BCUT2D eigenvalue weighted by molar-refractivity contribution is 9.10. The first-order valence-electron chi connectivity index (χ1n) is 3.07. The molecule has 3 heteroatoms. The molecule has 0 unspecified atom stereocenters. The molecule has 2 N–H and O–H groups in total. The molecule has 1 rings (SSSR count). The quantitative estimate of drug-likeness (QED) is 0.656. The van der Waals surface area contributed by atoms with Crippen LogP contribution in [0.2, 0.25) is 0 Å². The summed E-state index contributed by atoms with van der Waals surface area (Å²) in [6, 6.07) is 9.97. The fraction of sp³-hybridized carbons (Fsp3) is 0.250. The van der Waals surface area contributed by atoms with E-state index in [0.717, 1.165) is 9.80 Å². The summed E-state index contributed by atoms with van der Waals surface area (Å²) in [4.78, 5) is 0. The van der Waals surface area contributed by atoms with Crippen LogP contribution in [0.5, 0.6) is 0 Å². The third-order valence-corrected chi connectivity index (χ3v) is 1.26. The Morgan fingerprint density at radius 3 is 1.73 bits per heavy atom. The number of benzene rings is 1. The lowest BCUT2D eigenvalue weighted by Crippen LogP contribution is -1.55. The number of halogens is 2. The van der Waals surface area contributed by atoms with E-state index >= 15 is 0 Å². The highest BCUT2D eigenvalue weighted by Crippen LogP contribution is 2.05. The van der Waals surface area contributed by atoms with Crippen molar-refractivity contribution in [2.75, 3.05) is 5.33 Å². The van der Waals surface area contributed by atoms with E-state index < -0.39 is 0 Å². The van der Waals surface area contributed by atoms with E-state index in [1.54, 1.807) is 0 Å². The lowest BCUT2D eigenvalue weighted by atomic mass is 10.4. The van der Waals surface area contributed by atoms with Gasteiger partial charge in [-0.05, 0) is 12.1 Å². The lowest BCUT2D eigenvalue weighted by Gasteiger charge is -1.80. The summed E-state index contributed by atoms with van der Waals surface area (Å²) in [7, 11) is 0. The van der Waals surface area contributed by atoms with Crippen molar-refractivity contribution in [2.45, 2.75) is 6.92 Å². The predicted molar refractivity (Wildman–Crippen MR) is 57.2 cm³/mol. The molecule has 0 spiro atoms. The van der Waals surface area contributed by atoms with Crippen molar-refractivity contribution in [3.63, 3.8) is 0 Å². The predicted octanol–water partition coefficient (Wildman–Crippen LogP) is 3.03. The average molecular weight is 284 g/mol. The Bertz CT molecular complexity index is 153. The maximum absolute atomic E-state index is 3.31. The smallest absolute Gasteiger partial charge is 0.0175 e. The van der Waals surface area contributed by atoms with Gasteiger partial charge >= 0.3 is 0 Å². The first-order valence-corrected chi connectivity index (χ1v) is 4.99. The van der Waals surface area contributed by atoms with Crippen LogP contribution in [0.15, 0.2) is 34.8 Å². The Morgan fingerprint density at radius 2 is 1.55 bits per heavy atom. The first-order chi connectivity index (χ1) is 4.81. The number of hydrogen-bond acceptors (Lipinski definition) is 0. The van der Waals surface area contributed by atoms with Crippen molar-refractivity contribution in [3.05, 3.63) is 34.8 Å². The molecular weight excluding hydrogens is 272 g/mol. The highest BCUT2D eigenvalue weighted by Gasteiger charge is 1.74. The van der Waals surface area contributed by atoms with E-state index in [0.29, 0.717) is 0 Å². The first kappa shape index (κ1) is 13.7. The molecule has 0 heterocycles. The maximum atomic E-state index is 3.31. The van der Waals surface area contributed by atoms with Gasteiger partial charge in [-0.15, -0.1) is 0 Å². The lowest BCUT2D eigenvalue weighted by molar-refractivity contribution is 0.824. The second kappa shape index (κ2) is 10.1. The Morgan fingerprint density at radius 1 is 1.18 bits per heavy atom. The number of alkyl halides is 1. The van der Waals surface area contributed by atoms with Gasteiger partial charge in [0.15, 0.2) is 0 Å². The van der Waals surface area contributed by atoms with Gasteiger partial charge < -0.3 is 5.48 Å². The Kier molecular flexibility index (Phi) is 12.6. The number of hydrogen-bond donors (Lipinski definition) is 0. The standard InChI is InChI=1S/C6H5Br.C2H5Br.H2O/c7-6-4-2-1-3-5-6;1-2-3;/h1-5H;2H2,1H3;1H2. The Labute approximate surface area is 84.4 Å². The van der Waals surface area contributed by atoms with Crippen molar-refractivity contribution < 1.29 is 5.48 Å². The SMILES string of the molecule is Brc1ccccc1.CCBr.O. The van der Waals surface area contributed by atoms with Gasteiger partial charge in [0.1, 0.15) is 0 Å². The van der Waals surface area contributed by atoms with Gasteiger partial charge in [0.05, 0.1) is 0 Å². The van der Waals surface area contributed by atoms with Gasteiger partial charge in [0.2, 0.25) is 0 Å². The van der Waals surface area contributed by atoms with Crippen LogP contribution in [0.25, 0.3) is 0 Å². The monoisotopic (exact) mass is 282 g/mol. The van der Waals surface area contributed by atoms with Crippen LogP contribution >= 0.6 is 31.9 Å². The van der Waals surface area contributed by atoms with Crippen molar-refractivity contribution in [2.24, 2.45) is 0 Å².